The van der Waals surface area contributed by atoms with E-state index in [0.29, 0.717) is 0 Å². The number of rotatable bonds is 3. The number of thioether (sulfide) groups is 1. The van der Waals surface area contributed by atoms with Gasteiger partial charge in [-0.25, -0.2) is 0 Å². The van der Waals surface area contributed by atoms with Gasteiger partial charge in [0, 0.05) is 24.7 Å². The van der Waals surface area contributed by atoms with Gasteiger partial charge in [-0.3, -0.25) is 4.79 Å². The number of hydrogen-bond donors (Lipinski definition) is 0. The van der Waals surface area contributed by atoms with Gasteiger partial charge in [0.2, 0.25) is 0 Å². The normalized spacial score (nSPS) is 9.65. The lowest BCUT2D eigenvalue weighted by atomic mass is 10.0. The molecule has 0 aromatic heterocycles. The van der Waals surface area contributed by atoms with Gasteiger partial charge in [0.05, 0.1) is 0 Å². The van der Waals surface area contributed by atoms with E-state index in [2.05, 4.69) is 36.1 Å². The first kappa shape index (κ1) is 14.4. The van der Waals surface area contributed by atoms with Crippen molar-refractivity contribution in [2.24, 2.45) is 0 Å². The molecule has 0 fully saturated rings. The summed E-state index contributed by atoms with van der Waals surface area (Å²) in [6.45, 7) is 1.58. The average molecular weight is 280 g/mol. The predicted molar refractivity (Wildman–Crippen MR) is 86.5 cm³/mol. The van der Waals surface area contributed by atoms with Crippen molar-refractivity contribution in [2.75, 3.05) is 5.75 Å². The lowest BCUT2D eigenvalue weighted by molar-refractivity contribution is -0.109. The largest absolute Gasteiger partial charge is 0.288 e. The number of carbonyl (C=O) groups excluding carboxylic acids is 1. The Morgan fingerprint density at radius 2 is 1.65 bits per heavy atom. The Hall–Kier alpha value is -1.98. The minimum absolute atomic E-state index is 0.152. The summed E-state index contributed by atoms with van der Waals surface area (Å²) in [6, 6.07) is 18.5. The molecule has 100 valence electrons. The van der Waals surface area contributed by atoms with E-state index in [1.165, 1.54) is 22.9 Å². The highest BCUT2D eigenvalue weighted by molar-refractivity contribution is 8.13. The van der Waals surface area contributed by atoms with Gasteiger partial charge in [-0.2, -0.15) is 0 Å². The molecule has 20 heavy (non-hydrogen) atoms. The van der Waals surface area contributed by atoms with Crippen molar-refractivity contribution in [3.8, 4) is 23.0 Å². The van der Waals surface area contributed by atoms with E-state index in [1.54, 1.807) is 6.92 Å². The minimum Gasteiger partial charge on any atom is -0.288 e. The van der Waals surface area contributed by atoms with Crippen molar-refractivity contribution < 1.29 is 4.79 Å². The fourth-order valence-corrected chi connectivity index (χ4v) is 2.28. The molecule has 0 atom stereocenters. The Bertz CT molecular complexity index is 618. The lowest BCUT2D eigenvalue weighted by Gasteiger charge is -2.00. The zero-order valence-electron chi connectivity index (χ0n) is 11.4. The third-order valence-corrected chi connectivity index (χ3v) is 3.57. The molecule has 1 nitrogen and oxygen atoms in total. The molecule has 0 amide bonds. The monoisotopic (exact) mass is 280 g/mol. The molecular formula is C18H16OS. The topological polar surface area (TPSA) is 17.1 Å². The third kappa shape index (κ3) is 4.60. The fraction of sp³-hybridized carbons (Fsp3) is 0.167. The predicted octanol–water partition coefficient (Wildman–Crippen LogP) is 4.37. The second-order valence-corrected chi connectivity index (χ2v) is 5.61. The molecule has 0 N–H and O–H groups in total. The zero-order valence-corrected chi connectivity index (χ0v) is 12.2. The summed E-state index contributed by atoms with van der Waals surface area (Å²) < 4.78 is 0. The van der Waals surface area contributed by atoms with Crippen LogP contribution in [0, 0.1) is 11.8 Å². The van der Waals surface area contributed by atoms with E-state index in [4.69, 9.17) is 0 Å². The quantitative estimate of drug-likeness (QED) is 0.613. The van der Waals surface area contributed by atoms with Gasteiger partial charge in [-0.15, -0.1) is 0 Å². The molecule has 0 bridgehead atoms. The van der Waals surface area contributed by atoms with Crippen LogP contribution in [0.2, 0.25) is 0 Å². The zero-order chi connectivity index (χ0) is 14.2. The maximum atomic E-state index is 10.8. The van der Waals surface area contributed by atoms with Crippen LogP contribution in [0.1, 0.15) is 18.9 Å². The molecule has 0 aliphatic heterocycles. The van der Waals surface area contributed by atoms with Crippen molar-refractivity contribution in [1.29, 1.82) is 0 Å². The highest BCUT2D eigenvalue weighted by atomic mass is 32.2. The standard InChI is InChI=1S/C18H16OS/c1-15(19)20-14-6-5-7-16-10-12-18(13-11-16)17-8-3-2-4-9-17/h2-4,8-13H,6,14H2,1H3. The van der Waals surface area contributed by atoms with Crippen LogP contribution >= 0.6 is 11.8 Å². The van der Waals surface area contributed by atoms with Crippen molar-refractivity contribution in [3.05, 3.63) is 60.2 Å². The molecule has 0 unspecified atom stereocenters. The summed E-state index contributed by atoms with van der Waals surface area (Å²) in [7, 11) is 0. The summed E-state index contributed by atoms with van der Waals surface area (Å²) in [5, 5.41) is 0.152. The number of carbonyl (C=O) groups is 1. The maximum absolute atomic E-state index is 10.8. The summed E-state index contributed by atoms with van der Waals surface area (Å²) in [5.41, 5.74) is 3.42. The number of hydrogen-bond acceptors (Lipinski definition) is 2. The van der Waals surface area contributed by atoms with Crippen molar-refractivity contribution >= 4 is 16.9 Å². The first-order chi connectivity index (χ1) is 9.75. The Morgan fingerprint density at radius 1 is 1.00 bits per heavy atom. The van der Waals surface area contributed by atoms with E-state index in [9.17, 15) is 4.79 Å². The Balaban J connectivity index is 1.95. The molecule has 0 radical (unpaired) electrons. The molecule has 0 aliphatic carbocycles. The van der Waals surface area contributed by atoms with E-state index in [-0.39, 0.29) is 5.12 Å². The molecule has 0 spiro atoms. The van der Waals surface area contributed by atoms with Gasteiger partial charge in [0.1, 0.15) is 0 Å². The summed E-state index contributed by atoms with van der Waals surface area (Å²) in [5.74, 6) is 6.98. The molecule has 2 aromatic rings. The van der Waals surface area contributed by atoms with Crippen molar-refractivity contribution in [1.82, 2.24) is 0 Å². The molecule has 2 rings (SSSR count). The smallest absolute Gasteiger partial charge is 0.185 e. The van der Waals surface area contributed by atoms with E-state index < -0.39 is 0 Å². The van der Waals surface area contributed by atoms with Gasteiger partial charge in [0.15, 0.2) is 5.12 Å². The van der Waals surface area contributed by atoms with Gasteiger partial charge in [-0.05, 0) is 23.3 Å². The molecule has 2 aromatic carbocycles. The van der Waals surface area contributed by atoms with Gasteiger partial charge in [-0.1, -0.05) is 66.1 Å². The highest BCUT2D eigenvalue weighted by Gasteiger charge is 1.95. The van der Waals surface area contributed by atoms with Crippen LogP contribution in [-0.4, -0.2) is 10.9 Å². The molecule has 0 saturated carbocycles. The Labute approximate surface area is 124 Å². The maximum Gasteiger partial charge on any atom is 0.185 e. The summed E-state index contributed by atoms with van der Waals surface area (Å²) in [4.78, 5) is 10.8. The molecular weight excluding hydrogens is 264 g/mol. The van der Waals surface area contributed by atoms with Crippen LogP contribution in [0.25, 0.3) is 11.1 Å². The van der Waals surface area contributed by atoms with E-state index >= 15 is 0 Å². The van der Waals surface area contributed by atoms with Gasteiger partial charge >= 0.3 is 0 Å². The molecule has 2 heteroatoms. The molecule has 0 aliphatic rings. The van der Waals surface area contributed by atoms with Crippen molar-refractivity contribution in [3.63, 3.8) is 0 Å². The lowest BCUT2D eigenvalue weighted by Crippen LogP contribution is -1.84. The van der Waals surface area contributed by atoms with Crippen LogP contribution in [0.15, 0.2) is 54.6 Å². The number of benzene rings is 2. The van der Waals surface area contributed by atoms with Gasteiger partial charge < -0.3 is 0 Å². The summed E-state index contributed by atoms with van der Waals surface area (Å²) in [6.07, 6.45) is 0.741. The van der Waals surface area contributed by atoms with E-state index in [1.807, 2.05) is 30.3 Å². The highest BCUT2D eigenvalue weighted by Crippen LogP contribution is 2.18. The van der Waals surface area contributed by atoms with Crippen LogP contribution in [0.5, 0.6) is 0 Å². The molecule has 0 heterocycles. The Morgan fingerprint density at radius 3 is 2.30 bits per heavy atom. The van der Waals surface area contributed by atoms with Crippen LogP contribution in [-0.2, 0) is 4.79 Å². The van der Waals surface area contributed by atoms with Gasteiger partial charge in [0.25, 0.3) is 0 Å². The second kappa shape index (κ2) is 7.57. The first-order valence-corrected chi connectivity index (χ1v) is 7.52. The van der Waals surface area contributed by atoms with Crippen LogP contribution < -0.4 is 0 Å². The molecule has 0 saturated heterocycles. The summed E-state index contributed by atoms with van der Waals surface area (Å²) >= 11 is 1.32. The minimum atomic E-state index is 0.152. The van der Waals surface area contributed by atoms with Crippen LogP contribution in [0.3, 0.4) is 0 Å². The second-order valence-electron chi connectivity index (χ2n) is 4.34. The Kier molecular flexibility index (Phi) is 5.46. The first-order valence-electron chi connectivity index (χ1n) is 6.53. The fourth-order valence-electron chi connectivity index (χ4n) is 1.79. The third-order valence-electron chi connectivity index (χ3n) is 2.76. The van der Waals surface area contributed by atoms with E-state index in [0.717, 1.165) is 17.7 Å². The van der Waals surface area contributed by atoms with Crippen molar-refractivity contribution in [2.45, 2.75) is 13.3 Å². The average Bonchev–Trinajstić information content (AvgIpc) is 2.48. The SMILES string of the molecule is CC(=O)SCCC#Cc1ccc(-c2ccccc2)cc1. The van der Waals surface area contributed by atoms with Crippen LogP contribution in [0.4, 0.5) is 0 Å².